The molecule has 1 fully saturated rings. The van der Waals surface area contributed by atoms with E-state index in [0.29, 0.717) is 6.54 Å². The predicted molar refractivity (Wildman–Crippen MR) is 74.7 cm³/mol. The van der Waals surface area contributed by atoms with Gasteiger partial charge in [-0.15, -0.1) is 11.3 Å². The summed E-state index contributed by atoms with van der Waals surface area (Å²) in [5, 5.41) is 11.8. The lowest BCUT2D eigenvalue weighted by Crippen LogP contribution is -2.50. The molecule has 0 aromatic carbocycles. The summed E-state index contributed by atoms with van der Waals surface area (Å²) in [5.41, 5.74) is 0.514. The molecule has 0 radical (unpaired) electrons. The molecule has 1 aromatic rings. The van der Waals surface area contributed by atoms with Gasteiger partial charge in [-0.2, -0.15) is 0 Å². The Morgan fingerprint density at radius 2 is 2.06 bits per heavy atom. The first-order valence-electron chi connectivity index (χ1n) is 6.21. The number of hydrogen-bond acceptors (Lipinski definition) is 5. The molecule has 18 heavy (non-hydrogen) atoms. The number of rotatable bonds is 4. The van der Waals surface area contributed by atoms with Gasteiger partial charge in [-0.25, -0.2) is 0 Å². The fourth-order valence-electron chi connectivity index (χ4n) is 2.28. The number of thiophene rings is 1. The van der Waals surface area contributed by atoms with E-state index in [9.17, 15) is 9.90 Å². The molecule has 1 aromatic heterocycles. The summed E-state index contributed by atoms with van der Waals surface area (Å²) in [5.74, 6) is 0. The molecular formula is C13H20N2O2S. The molecule has 0 unspecified atom stereocenters. The van der Waals surface area contributed by atoms with Crippen LogP contribution >= 0.6 is 11.3 Å². The zero-order valence-corrected chi connectivity index (χ0v) is 11.7. The van der Waals surface area contributed by atoms with Gasteiger partial charge in [0.15, 0.2) is 6.29 Å². The largest absolute Gasteiger partial charge is 0.389 e. The first-order chi connectivity index (χ1) is 8.48. The van der Waals surface area contributed by atoms with E-state index in [-0.39, 0.29) is 0 Å². The van der Waals surface area contributed by atoms with Crippen LogP contribution in [0.15, 0.2) is 11.4 Å². The van der Waals surface area contributed by atoms with Gasteiger partial charge in [0.05, 0.1) is 10.5 Å². The van der Waals surface area contributed by atoms with Crippen molar-refractivity contribution in [3.63, 3.8) is 0 Å². The molecule has 100 valence electrons. The van der Waals surface area contributed by atoms with Crippen molar-refractivity contribution in [2.75, 3.05) is 37.6 Å². The molecule has 1 aliphatic heterocycles. The predicted octanol–water partition coefficient (Wildman–Crippen LogP) is 1.45. The summed E-state index contributed by atoms with van der Waals surface area (Å²) in [4.78, 5) is 16.0. The minimum absolute atomic E-state index is 0.630. The Labute approximate surface area is 112 Å². The normalized spacial score (nSPS) is 18.1. The van der Waals surface area contributed by atoms with Crippen molar-refractivity contribution < 1.29 is 9.90 Å². The smallest absolute Gasteiger partial charge is 0.160 e. The van der Waals surface area contributed by atoms with Gasteiger partial charge >= 0.3 is 0 Å². The standard InChI is InChI=1S/C13H20N2O2S/c1-13(2,17)10-14-3-5-15(6-4-14)11-7-12(8-16)18-9-11/h7-9,17H,3-6,10H2,1-2H3. The molecule has 0 amide bonds. The van der Waals surface area contributed by atoms with E-state index >= 15 is 0 Å². The highest BCUT2D eigenvalue weighted by Crippen LogP contribution is 2.23. The Bertz CT molecular complexity index is 403. The van der Waals surface area contributed by atoms with Crippen LogP contribution in [-0.4, -0.2) is 54.6 Å². The summed E-state index contributed by atoms with van der Waals surface area (Å²) in [6.07, 6.45) is 0.901. The number of hydrogen-bond donors (Lipinski definition) is 1. The number of nitrogens with zero attached hydrogens (tertiary/aromatic N) is 2. The topological polar surface area (TPSA) is 43.8 Å². The Hall–Kier alpha value is -0.910. The van der Waals surface area contributed by atoms with E-state index in [1.807, 2.05) is 25.3 Å². The summed E-state index contributed by atoms with van der Waals surface area (Å²) in [7, 11) is 0. The Morgan fingerprint density at radius 1 is 1.39 bits per heavy atom. The van der Waals surface area contributed by atoms with Gasteiger partial charge in [0.2, 0.25) is 0 Å². The molecule has 4 nitrogen and oxygen atoms in total. The highest BCUT2D eigenvalue weighted by atomic mass is 32.1. The second kappa shape index (κ2) is 5.38. The maximum Gasteiger partial charge on any atom is 0.160 e. The molecule has 2 rings (SSSR count). The molecule has 0 saturated carbocycles. The molecule has 0 atom stereocenters. The third-order valence-corrected chi connectivity index (χ3v) is 3.92. The third kappa shape index (κ3) is 3.54. The third-order valence-electron chi connectivity index (χ3n) is 3.07. The van der Waals surface area contributed by atoms with Gasteiger partial charge in [-0.1, -0.05) is 0 Å². The molecule has 1 saturated heterocycles. The van der Waals surface area contributed by atoms with Crippen LogP contribution in [0, 0.1) is 0 Å². The monoisotopic (exact) mass is 268 g/mol. The number of carbonyl (C=O) groups excluding carboxylic acids is 1. The Morgan fingerprint density at radius 3 is 2.56 bits per heavy atom. The molecule has 5 heteroatoms. The molecule has 0 aliphatic carbocycles. The average Bonchev–Trinajstić information content (AvgIpc) is 2.76. The van der Waals surface area contributed by atoms with E-state index < -0.39 is 5.60 Å². The number of aliphatic hydroxyl groups is 1. The van der Waals surface area contributed by atoms with E-state index in [2.05, 4.69) is 9.80 Å². The van der Waals surface area contributed by atoms with Crippen molar-refractivity contribution in [3.05, 3.63) is 16.3 Å². The van der Waals surface area contributed by atoms with E-state index in [0.717, 1.165) is 43.0 Å². The summed E-state index contributed by atoms with van der Waals surface area (Å²) in [6, 6.07) is 1.95. The van der Waals surface area contributed by atoms with Crippen LogP contribution in [0.25, 0.3) is 0 Å². The van der Waals surface area contributed by atoms with Crippen LogP contribution in [0.4, 0.5) is 5.69 Å². The molecule has 0 spiro atoms. The summed E-state index contributed by atoms with van der Waals surface area (Å²) >= 11 is 1.49. The van der Waals surface area contributed by atoms with Crippen LogP contribution in [-0.2, 0) is 0 Å². The zero-order valence-electron chi connectivity index (χ0n) is 10.9. The van der Waals surface area contributed by atoms with Crippen molar-refractivity contribution in [2.45, 2.75) is 19.4 Å². The highest BCUT2D eigenvalue weighted by Gasteiger charge is 2.23. The van der Waals surface area contributed by atoms with Crippen LogP contribution in [0.2, 0.25) is 0 Å². The van der Waals surface area contributed by atoms with Crippen molar-refractivity contribution in [2.24, 2.45) is 0 Å². The highest BCUT2D eigenvalue weighted by molar-refractivity contribution is 7.12. The summed E-state index contributed by atoms with van der Waals surface area (Å²) in [6.45, 7) is 8.20. The Kier molecular flexibility index (Phi) is 4.04. The maximum absolute atomic E-state index is 10.7. The van der Waals surface area contributed by atoms with E-state index in [1.54, 1.807) is 0 Å². The van der Waals surface area contributed by atoms with Gasteiger partial charge in [0, 0.05) is 43.8 Å². The first kappa shape index (κ1) is 13.5. The van der Waals surface area contributed by atoms with Gasteiger partial charge in [0.25, 0.3) is 0 Å². The van der Waals surface area contributed by atoms with Crippen molar-refractivity contribution in [1.29, 1.82) is 0 Å². The lowest BCUT2D eigenvalue weighted by Gasteiger charge is -2.37. The average molecular weight is 268 g/mol. The molecule has 0 bridgehead atoms. The Balaban J connectivity index is 1.88. The van der Waals surface area contributed by atoms with Gasteiger partial charge < -0.3 is 10.0 Å². The van der Waals surface area contributed by atoms with Crippen molar-refractivity contribution >= 4 is 23.3 Å². The lowest BCUT2D eigenvalue weighted by atomic mass is 10.1. The van der Waals surface area contributed by atoms with E-state index in [4.69, 9.17) is 0 Å². The quantitative estimate of drug-likeness (QED) is 0.840. The maximum atomic E-state index is 10.7. The second-order valence-corrected chi connectivity index (χ2v) is 6.34. The number of aldehydes is 1. The van der Waals surface area contributed by atoms with Crippen molar-refractivity contribution in [3.8, 4) is 0 Å². The minimum atomic E-state index is -0.630. The fourth-order valence-corrected chi connectivity index (χ4v) is 3.00. The minimum Gasteiger partial charge on any atom is -0.389 e. The second-order valence-electron chi connectivity index (χ2n) is 5.40. The van der Waals surface area contributed by atoms with Gasteiger partial charge in [0.1, 0.15) is 0 Å². The van der Waals surface area contributed by atoms with Crippen LogP contribution in [0.5, 0.6) is 0 Å². The number of anilines is 1. The van der Waals surface area contributed by atoms with E-state index in [1.165, 1.54) is 11.3 Å². The number of β-amino-alcohol motifs (C(OH)–C–C–N with tert-alkyl or cyclic N) is 1. The number of piperazine rings is 1. The molecule has 1 aliphatic rings. The lowest BCUT2D eigenvalue weighted by molar-refractivity contribution is 0.0345. The van der Waals surface area contributed by atoms with Crippen LogP contribution in [0.1, 0.15) is 23.5 Å². The van der Waals surface area contributed by atoms with Crippen molar-refractivity contribution in [1.82, 2.24) is 4.90 Å². The first-order valence-corrected chi connectivity index (χ1v) is 7.09. The zero-order chi connectivity index (χ0) is 13.2. The fraction of sp³-hybridized carbons (Fsp3) is 0.615. The summed E-state index contributed by atoms with van der Waals surface area (Å²) < 4.78 is 0. The molecule has 2 heterocycles. The molecular weight excluding hydrogens is 248 g/mol. The van der Waals surface area contributed by atoms with Gasteiger partial charge in [-0.05, 0) is 19.9 Å². The SMILES string of the molecule is CC(C)(O)CN1CCN(c2csc(C=O)c2)CC1. The van der Waals surface area contributed by atoms with Gasteiger partial charge in [-0.3, -0.25) is 9.69 Å². The van der Waals surface area contributed by atoms with Crippen LogP contribution in [0.3, 0.4) is 0 Å². The number of carbonyl (C=O) groups is 1. The molecule has 1 N–H and O–H groups in total. The van der Waals surface area contributed by atoms with Crippen LogP contribution < -0.4 is 4.90 Å².